The van der Waals surface area contributed by atoms with Gasteiger partial charge in [-0.05, 0) is 79.1 Å². The third kappa shape index (κ3) is 8.75. The van der Waals surface area contributed by atoms with Gasteiger partial charge in [0.15, 0.2) is 24.0 Å². The van der Waals surface area contributed by atoms with Crippen molar-refractivity contribution in [3.05, 3.63) is 11.6 Å². The lowest BCUT2D eigenvalue weighted by molar-refractivity contribution is -0.297. The molecule has 0 saturated carbocycles. The summed E-state index contributed by atoms with van der Waals surface area (Å²) < 4.78 is 30.4. The van der Waals surface area contributed by atoms with Crippen LogP contribution >= 0.6 is 0 Å². The van der Waals surface area contributed by atoms with Gasteiger partial charge in [-0.2, -0.15) is 0 Å². The van der Waals surface area contributed by atoms with Gasteiger partial charge < -0.3 is 33.7 Å². The Morgan fingerprint density at radius 1 is 1.11 bits per heavy atom. The number of ketones is 2. The van der Waals surface area contributed by atoms with Crippen molar-refractivity contribution in [3.8, 4) is 0 Å². The molecule has 0 aromatic carbocycles. The van der Waals surface area contributed by atoms with Crippen LogP contribution in [0.5, 0.6) is 0 Å². The first-order valence-corrected chi connectivity index (χ1v) is 15.8. The second-order valence-corrected chi connectivity index (χ2v) is 13.2. The van der Waals surface area contributed by atoms with E-state index in [1.54, 1.807) is 27.7 Å². The molecule has 0 aromatic rings. The first-order valence-electron chi connectivity index (χ1n) is 15.8. The predicted molar refractivity (Wildman–Crippen MR) is 164 cm³/mol. The molecule has 11 nitrogen and oxygen atoms in total. The van der Waals surface area contributed by atoms with Crippen molar-refractivity contribution in [1.82, 2.24) is 4.90 Å². The number of cyclic esters (lactones) is 1. The quantitative estimate of drug-likeness (QED) is 0.328. The number of carbonyl (C=O) groups excluding carboxylic acids is 4. The minimum Gasteiger partial charge on any atom is -0.458 e. The van der Waals surface area contributed by atoms with Gasteiger partial charge in [0.25, 0.3) is 0 Å². The maximum atomic E-state index is 14.0. The van der Waals surface area contributed by atoms with Gasteiger partial charge in [0, 0.05) is 25.9 Å². The number of carbonyl (C=O) groups is 4. The van der Waals surface area contributed by atoms with Crippen LogP contribution in [-0.2, 0) is 42.9 Å². The van der Waals surface area contributed by atoms with E-state index in [0.717, 1.165) is 0 Å². The van der Waals surface area contributed by atoms with Gasteiger partial charge in [0.05, 0.1) is 23.9 Å². The van der Waals surface area contributed by atoms with E-state index < -0.39 is 71.3 Å². The summed E-state index contributed by atoms with van der Waals surface area (Å²) in [5.74, 6) is -4.68. The number of likely N-dealkylation sites (N-methyl/N-ethyl adjacent to an activating group) is 1. The van der Waals surface area contributed by atoms with E-state index in [4.69, 9.17) is 23.7 Å². The molecule has 44 heavy (non-hydrogen) atoms. The first-order chi connectivity index (χ1) is 20.3. The molecule has 0 amide bonds. The van der Waals surface area contributed by atoms with E-state index in [1.807, 2.05) is 32.8 Å². The zero-order chi connectivity index (χ0) is 33.7. The summed E-state index contributed by atoms with van der Waals surface area (Å²) in [4.78, 5) is 55.2. The van der Waals surface area contributed by atoms with Crippen LogP contribution < -0.4 is 0 Å². The van der Waals surface area contributed by atoms with Crippen LogP contribution in [0.2, 0.25) is 0 Å². The zero-order valence-corrected chi connectivity index (χ0v) is 28.7. The summed E-state index contributed by atoms with van der Waals surface area (Å²) in [5.41, 5.74) is -2.47. The van der Waals surface area contributed by atoms with Gasteiger partial charge in [-0.15, -0.1) is 0 Å². The molecule has 1 N–H and O–H groups in total. The van der Waals surface area contributed by atoms with Crippen molar-refractivity contribution in [3.63, 3.8) is 0 Å². The van der Waals surface area contributed by atoms with E-state index in [-0.39, 0.29) is 30.8 Å². The molecule has 11 heteroatoms. The minimum absolute atomic E-state index is 0.151. The Balaban J connectivity index is 2.71. The smallest absolute Gasteiger partial charge is 0.316 e. The number of esters is 2. The number of aliphatic hydroxyl groups is 1. The number of nitrogens with zero attached hydrogens (tertiary/aromatic N) is 1. The van der Waals surface area contributed by atoms with E-state index in [9.17, 15) is 24.3 Å². The van der Waals surface area contributed by atoms with E-state index in [1.165, 1.54) is 34.0 Å². The normalized spacial score (nSPS) is 41.0. The highest BCUT2D eigenvalue weighted by atomic mass is 16.7. The number of ether oxygens (including phenoxy) is 5. The molecule has 0 aliphatic carbocycles. The van der Waals surface area contributed by atoms with Crippen LogP contribution in [0.1, 0.15) is 88.0 Å². The van der Waals surface area contributed by atoms with Crippen molar-refractivity contribution in [2.24, 2.45) is 17.8 Å². The third-order valence-corrected chi connectivity index (χ3v) is 9.19. The van der Waals surface area contributed by atoms with Crippen molar-refractivity contribution in [2.45, 2.75) is 136 Å². The molecule has 2 rings (SSSR count). The number of rotatable bonds is 7. The monoisotopic (exact) mass is 625 g/mol. The lowest BCUT2D eigenvalue weighted by Crippen LogP contribution is -2.60. The Kier molecular flexibility index (Phi) is 13.3. The van der Waals surface area contributed by atoms with E-state index >= 15 is 0 Å². The fourth-order valence-electron chi connectivity index (χ4n) is 6.54. The van der Waals surface area contributed by atoms with E-state index in [2.05, 4.69) is 0 Å². The molecule has 1 saturated heterocycles. The molecular formula is C33H55NO10. The topological polar surface area (TPSA) is 138 Å². The van der Waals surface area contributed by atoms with Gasteiger partial charge in [0.1, 0.15) is 17.6 Å². The number of hydrogen-bond acceptors (Lipinski definition) is 11. The lowest BCUT2D eigenvalue weighted by Gasteiger charge is -2.47. The minimum atomic E-state index is -1.64. The molecule has 1 fully saturated rings. The molecular weight excluding hydrogens is 570 g/mol. The summed E-state index contributed by atoms with van der Waals surface area (Å²) in [6, 6.07) is -0.239. The molecule has 2 heterocycles. The maximum absolute atomic E-state index is 14.0. The van der Waals surface area contributed by atoms with Crippen LogP contribution in [0.3, 0.4) is 0 Å². The van der Waals surface area contributed by atoms with Crippen LogP contribution in [0.25, 0.3) is 0 Å². The highest BCUT2D eigenvalue weighted by Crippen LogP contribution is 2.38. The number of Topliss-reactive ketones (excluding diaryl/α,β-unsaturated/α-hetero) is 2. The van der Waals surface area contributed by atoms with Crippen molar-refractivity contribution in [2.75, 3.05) is 21.2 Å². The number of methoxy groups -OCH3 is 1. The molecule has 0 aromatic heterocycles. The van der Waals surface area contributed by atoms with Crippen LogP contribution in [-0.4, -0.2) is 103 Å². The van der Waals surface area contributed by atoms with Gasteiger partial charge >= 0.3 is 11.9 Å². The average Bonchev–Trinajstić information content (AvgIpc) is 2.95. The molecule has 2 aliphatic rings. The molecule has 0 unspecified atom stereocenters. The summed E-state index contributed by atoms with van der Waals surface area (Å²) in [7, 11) is 5.24. The lowest BCUT2D eigenvalue weighted by atomic mass is 9.76. The number of hydrogen-bond donors (Lipinski definition) is 1. The Labute approximate surface area is 262 Å². The fourth-order valence-corrected chi connectivity index (χ4v) is 6.54. The average molecular weight is 626 g/mol. The summed E-state index contributed by atoms with van der Waals surface area (Å²) >= 11 is 0. The predicted octanol–water partition coefficient (Wildman–Crippen LogP) is 3.63. The Hall–Kier alpha value is -2.18. The van der Waals surface area contributed by atoms with Gasteiger partial charge in [-0.3, -0.25) is 19.2 Å². The maximum Gasteiger partial charge on any atom is 0.316 e. The van der Waals surface area contributed by atoms with Gasteiger partial charge in [0.2, 0.25) is 0 Å². The highest BCUT2D eigenvalue weighted by molar-refractivity contribution is 6.00. The Bertz CT molecular complexity index is 1070. The molecule has 0 spiro atoms. The van der Waals surface area contributed by atoms with Crippen molar-refractivity contribution < 1.29 is 48.0 Å². The van der Waals surface area contributed by atoms with E-state index in [0.29, 0.717) is 18.4 Å². The zero-order valence-electron chi connectivity index (χ0n) is 28.7. The second-order valence-electron chi connectivity index (χ2n) is 13.2. The van der Waals surface area contributed by atoms with Gasteiger partial charge in [-0.25, -0.2) is 0 Å². The number of allylic oxidation sites excluding steroid dienone is 1. The first kappa shape index (κ1) is 38.0. The SMILES string of the molecule is CC/C1=C\[C@](C)(O)[C@@H](CC)OC(=O)[C@H](C)C(=O)[C@H](C)[C@@H](O[C@@H]2O[C@H](C)C[C@H](N(C)C)[C@H]2OC(C)=O)[C@@](C)(OC)C[C@@H](C)C1=O. The van der Waals surface area contributed by atoms with Crippen LogP contribution in [0, 0.1) is 17.8 Å². The summed E-state index contributed by atoms with van der Waals surface area (Å²) in [6.45, 7) is 14.9. The Morgan fingerprint density at radius 3 is 2.23 bits per heavy atom. The molecule has 2 aliphatic heterocycles. The molecule has 0 bridgehead atoms. The van der Waals surface area contributed by atoms with Crippen LogP contribution in [0.4, 0.5) is 0 Å². The largest absolute Gasteiger partial charge is 0.458 e. The van der Waals surface area contributed by atoms with Crippen LogP contribution in [0.15, 0.2) is 11.6 Å². The third-order valence-electron chi connectivity index (χ3n) is 9.19. The molecule has 0 radical (unpaired) electrons. The molecule has 11 atom stereocenters. The standard InChI is InChI=1S/C33H55NO10/c1-13-23-17-32(8,39)25(14-2)43-30(38)21(6)27(37)20(5)29(33(9,40-12)16-18(3)26(23)36)44-31-28(42-22(7)35)24(34(10)11)15-19(4)41-31/h17-21,24-25,28-29,31,39H,13-16H2,1-12H3/b23-17+/t18-,19-,20+,21-,24+,25-,28-,29-,31+,32+,33+/m1/s1. The van der Waals surface area contributed by atoms with Gasteiger partial charge in [-0.1, -0.05) is 27.7 Å². The fraction of sp³-hybridized carbons (Fsp3) is 0.818. The molecule has 252 valence electrons. The highest BCUT2D eigenvalue weighted by Gasteiger charge is 2.50. The van der Waals surface area contributed by atoms with Crippen molar-refractivity contribution >= 4 is 23.5 Å². The summed E-state index contributed by atoms with van der Waals surface area (Å²) in [5, 5.41) is 11.3. The van der Waals surface area contributed by atoms with Crippen molar-refractivity contribution in [1.29, 1.82) is 0 Å². The Morgan fingerprint density at radius 2 is 1.73 bits per heavy atom. The second kappa shape index (κ2) is 15.4. The summed E-state index contributed by atoms with van der Waals surface area (Å²) in [6.07, 6.45) is -1.34.